The fraction of sp³-hybridized carbons (Fsp3) is 0.562. The highest BCUT2D eigenvalue weighted by molar-refractivity contribution is 5.79. The fourth-order valence-corrected chi connectivity index (χ4v) is 3.19. The maximum Gasteiger partial charge on any atom is 0.229 e. The van der Waals surface area contributed by atoms with Crippen molar-refractivity contribution >= 4 is 5.91 Å². The van der Waals surface area contributed by atoms with Crippen molar-refractivity contribution in [1.82, 2.24) is 9.80 Å². The summed E-state index contributed by atoms with van der Waals surface area (Å²) in [5.74, 6) is -0.123. The van der Waals surface area contributed by atoms with Crippen molar-refractivity contribution in [3.63, 3.8) is 0 Å². The zero-order chi connectivity index (χ0) is 15.7. The summed E-state index contributed by atoms with van der Waals surface area (Å²) in [4.78, 5) is 16.2. The second-order valence-electron chi connectivity index (χ2n) is 5.96. The standard InChI is InChI=1S/C16H21FN2O3/c1-18-13-8-19(7-12(16(18)20)9-22-10-13)6-11-4-3-5-14(21-2)15(11)17/h3-5,12-13H,6-10H2,1-2H3/t12-,13+/m1/s1. The Hall–Kier alpha value is -1.66. The fourth-order valence-electron chi connectivity index (χ4n) is 3.19. The van der Waals surface area contributed by atoms with Crippen LogP contribution in [0.25, 0.3) is 0 Å². The van der Waals surface area contributed by atoms with Gasteiger partial charge in [-0.05, 0) is 6.07 Å². The largest absolute Gasteiger partial charge is 0.494 e. The number of nitrogens with zero attached hydrogens (tertiary/aromatic N) is 2. The molecule has 2 fully saturated rings. The van der Waals surface area contributed by atoms with Crippen LogP contribution < -0.4 is 4.74 Å². The predicted octanol–water partition coefficient (Wildman–Crippen LogP) is 1.12. The highest BCUT2D eigenvalue weighted by Crippen LogP contribution is 2.24. The molecular formula is C16H21FN2O3. The first-order valence-corrected chi connectivity index (χ1v) is 7.48. The van der Waals surface area contributed by atoms with Gasteiger partial charge < -0.3 is 14.4 Å². The first kappa shape index (κ1) is 15.2. The van der Waals surface area contributed by atoms with E-state index in [0.29, 0.717) is 38.4 Å². The highest BCUT2D eigenvalue weighted by atomic mass is 19.1. The molecule has 5 nitrogen and oxygen atoms in total. The number of carbonyl (C=O) groups excluding carboxylic acids is 1. The normalized spacial score (nSPS) is 26.0. The minimum Gasteiger partial charge on any atom is -0.494 e. The number of methoxy groups -OCH3 is 1. The van der Waals surface area contributed by atoms with Crippen LogP contribution in [0.3, 0.4) is 0 Å². The van der Waals surface area contributed by atoms with E-state index in [-0.39, 0.29) is 29.4 Å². The zero-order valence-electron chi connectivity index (χ0n) is 12.9. The molecule has 2 heterocycles. The van der Waals surface area contributed by atoms with Crippen LogP contribution in [-0.4, -0.2) is 62.2 Å². The number of carbonyl (C=O) groups is 1. The zero-order valence-corrected chi connectivity index (χ0v) is 12.9. The molecule has 2 bridgehead atoms. The number of likely N-dealkylation sites (N-methyl/N-ethyl adjacent to an activating group) is 1. The summed E-state index contributed by atoms with van der Waals surface area (Å²) in [7, 11) is 3.29. The van der Waals surface area contributed by atoms with Crippen LogP contribution >= 0.6 is 0 Å². The van der Waals surface area contributed by atoms with E-state index in [2.05, 4.69) is 4.90 Å². The van der Waals surface area contributed by atoms with Crippen LogP contribution in [0.4, 0.5) is 4.39 Å². The van der Waals surface area contributed by atoms with E-state index in [1.807, 2.05) is 7.05 Å². The van der Waals surface area contributed by atoms with E-state index in [1.54, 1.807) is 23.1 Å². The molecule has 0 saturated carbocycles. The Labute approximate surface area is 129 Å². The third-order valence-corrected chi connectivity index (χ3v) is 4.48. The van der Waals surface area contributed by atoms with E-state index < -0.39 is 0 Å². The summed E-state index contributed by atoms with van der Waals surface area (Å²) in [6, 6.07) is 5.19. The van der Waals surface area contributed by atoms with Crippen LogP contribution in [0.1, 0.15) is 5.56 Å². The number of amides is 1. The van der Waals surface area contributed by atoms with Crippen molar-refractivity contribution in [2.75, 3.05) is 40.5 Å². The van der Waals surface area contributed by atoms with E-state index in [1.165, 1.54) is 7.11 Å². The Kier molecular flexibility index (Phi) is 4.31. The van der Waals surface area contributed by atoms with E-state index in [4.69, 9.17) is 9.47 Å². The second-order valence-corrected chi connectivity index (χ2v) is 5.96. The molecule has 6 heteroatoms. The van der Waals surface area contributed by atoms with Crippen molar-refractivity contribution < 1.29 is 18.7 Å². The molecule has 1 amide bonds. The second kappa shape index (κ2) is 6.22. The summed E-state index contributed by atoms with van der Waals surface area (Å²) in [6.07, 6.45) is 0. The number of rotatable bonds is 3. The Morgan fingerprint density at radius 2 is 2.18 bits per heavy atom. The van der Waals surface area contributed by atoms with Gasteiger partial charge in [-0.1, -0.05) is 12.1 Å². The third kappa shape index (κ3) is 2.80. The SMILES string of the molecule is COc1cccc(CN2C[C@@H]3COC[C@H](C2)N(C)C3=O)c1F. The lowest BCUT2D eigenvalue weighted by molar-refractivity contribution is -0.133. The van der Waals surface area contributed by atoms with Crippen LogP contribution in [0, 0.1) is 11.7 Å². The van der Waals surface area contributed by atoms with E-state index >= 15 is 0 Å². The van der Waals surface area contributed by atoms with Crippen molar-refractivity contribution in [1.29, 1.82) is 0 Å². The molecule has 0 spiro atoms. The quantitative estimate of drug-likeness (QED) is 0.839. The minimum atomic E-state index is -0.324. The topological polar surface area (TPSA) is 42.0 Å². The van der Waals surface area contributed by atoms with Gasteiger partial charge in [0.05, 0.1) is 32.3 Å². The van der Waals surface area contributed by atoms with Crippen molar-refractivity contribution in [3.05, 3.63) is 29.6 Å². The monoisotopic (exact) mass is 308 g/mol. The summed E-state index contributed by atoms with van der Waals surface area (Å²) in [5.41, 5.74) is 0.593. The van der Waals surface area contributed by atoms with Crippen LogP contribution in [0.5, 0.6) is 5.75 Å². The summed E-state index contributed by atoms with van der Waals surface area (Å²) in [6.45, 7) is 2.73. The molecule has 0 aliphatic carbocycles. The van der Waals surface area contributed by atoms with Crippen molar-refractivity contribution in [3.8, 4) is 5.75 Å². The lowest BCUT2D eigenvalue weighted by atomic mass is 10.1. The number of hydrogen-bond acceptors (Lipinski definition) is 4. The molecule has 1 aromatic carbocycles. The number of ether oxygens (including phenoxy) is 2. The molecule has 2 saturated heterocycles. The van der Waals surface area contributed by atoms with Crippen molar-refractivity contribution in [2.24, 2.45) is 5.92 Å². The molecular weight excluding hydrogens is 287 g/mol. The smallest absolute Gasteiger partial charge is 0.229 e. The first-order chi connectivity index (χ1) is 10.6. The van der Waals surface area contributed by atoms with Gasteiger partial charge in [-0.15, -0.1) is 0 Å². The van der Waals surface area contributed by atoms with Gasteiger partial charge in [0.1, 0.15) is 0 Å². The van der Waals surface area contributed by atoms with Crippen molar-refractivity contribution in [2.45, 2.75) is 12.6 Å². The van der Waals surface area contributed by atoms with Gasteiger partial charge >= 0.3 is 0 Å². The van der Waals surface area contributed by atoms with Gasteiger partial charge in [-0.25, -0.2) is 4.39 Å². The minimum absolute atomic E-state index is 0.0219. The van der Waals surface area contributed by atoms with Crippen LogP contribution in [0.2, 0.25) is 0 Å². The van der Waals surface area contributed by atoms with E-state index in [9.17, 15) is 9.18 Å². The van der Waals surface area contributed by atoms with Gasteiger partial charge in [0, 0.05) is 32.2 Å². The lowest BCUT2D eigenvalue weighted by Crippen LogP contribution is -2.43. The predicted molar refractivity (Wildman–Crippen MR) is 79.1 cm³/mol. The van der Waals surface area contributed by atoms with Gasteiger partial charge in [-0.3, -0.25) is 9.69 Å². The molecule has 22 heavy (non-hydrogen) atoms. The number of halogens is 1. The average Bonchev–Trinajstić information content (AvgIpc) is 2.68. The third-order valence-electron chi connectivity index (χ3n) is 4.48. The van der Waals surface area contributed by atoms with E-state index in [0.717, 1.165) is 0 Å². The first-order valence-electron chi connectivity index (χ1n) is 7.48. The summed E-state index contributed by atoms with van der Waals surface area (Å²) in [5, 5.41) is 0. The van der Waals surface area contributed by atoms with Crippen LogP contribution in [-0.2, 0) is 16.1 Å². The Morgan fingerprint density at radius 1 is 1.36 bits per heavy atom. The maximum atomic E-state index is 14.3. The number of benzene rings is 1. The molecule has 0 unspecified atom stereocenters. The Morgan fingerprint density at radius 3 is 2.95 bits per heavy atom. The molecule has 0 aromatic heterocycles. The van der Waals surface area contributed by atoms with Gasteiger partial charge in [0.25, 0.3) is 0 Å². The Balaban J connectivity index is 1.80. The van der Waals surface area contributed by atoms with Crippen LogP contribution in [0.15, 0.2) is 18.2 Å². The molecule has 3 rings (SSSR count). The molecule has 0 radical (unpaired) electrons. The Bertz CT molecular complexity index is 566. The number of fused-ring (bicyclic) bond motifs is 3. The van der Waals surface area contributed by atoms with Gasteiger partial charge in [0.15, 0.2) is 11.6 Å². The lowest BCUT2D eigenvalue weighted by Gasteiger charge is -2.29. The maximum absolute atomic E-state index is 14.3. The molecule has 2 atom stereocenters. The summed E-state index contributed by atoms with van der Waals surface area (Å²) < 4.78 is 24.9. The van der Waals surface area contributed by atoms with Gasteiger partial charge in [-0.2, -0.15) is 0 Å². The average molecular weight is 308 g/mol. The van der Waals surface area contributed by atoms with Gasteiger partial charge in [0.2, 0.25) is 5.91 Å². The molecule has 2 aliphatic rings. The molecule has 0 N–H and O–H groups in total. The molecule has 120 valence electrons. The molecule has 1 aromatic rings. The highest BCUT2D eigenvalue weighted by Gasteiger charge is 2.37. The number of hydrogen-bond donors (Lipinski definition) is 0. The molecule has 2 aliphatic heterocycles. The summed E-state index contributed by atoms with van der Waals surface area (Å²) >= 11 is 0.